The van der Waals surface area contributed by atoms with Crippen LogP contribution in [0.4, 0.5) is 0 Å². The van der Waals surface area contributed by atoms with Crippen LogP contribution >= 0.6 is 11.3 Å². The Morgan fingerprint density at radius 1 is 1.36 bits per heavy atom. The molecule has 0 amide bonds. The maximum atomic E-state index is 9.39. The number of benzene rings is 1. The molecule has 0 aliphatic carbocycles. The van der Waals surface area contributed by atoms with Crippen molar-refractivity contribution < 1.29 is 5.11 Å². The molecular weight excluding hydrogens is 156 g/mol. The van der Waals surface area contributed by atoms with Crippen LogP contribution in [0.15, 0.2) is 24.3 Å². The number of fused-ring (bicyclic) bond motifs is 1. The van der Waals surface area contributed by atoms with Gasteiger partial charge in [0.05, 0.1) is 4.70 Å². The van der Waals surface area contributed by atoms with Crippen molar-refractivity contribution in [2.75, 3.05) is 0 Å². The van der Waals surface area contributed by atoms with Crippen molar-refractivity contribution in [1.29, 1.82) is 0 Å². The third-order valence-electron chi connectivity index (χ3n) is 1.65. The number of rotatable bonds is 0. The van der Waals surface area contributed by atoms with Crippen LogP contribution in [0.3, 0.4) is 0 Å². The van der Waals surface area contributed by atoms with Crippen LogP contribution in [0.5, 0.6) is 5.75 Å². The smallest absolute Gasteiger partial charge is 0.133 e. The van der Waals surface area contributed by atoms with E-state index in [0.29, 0.717) is 5.75 Å². The van der Waals surface area contributed by atoms with Crippen molar-refractivity contribution in [1.82, 2.24) is 0 Å². The van der Waals surface area contributed by atoms with Crippen LogP contribution in [0, 0.1) is 6.92 Å². The van der Waals surface area contributed by atoms with Crippen LogP contribution in [0.2, 0.25) is 0 Å². The molecule has 2 aromatic rings. The molecule has 1 nitrogen and oxygen atoms in total. The van der Waals surface area contributed by atoms with Crippen molar-refractivity contribution in [3.05, 3.63) is 29.1 Å². The number of phenols is 1. The highest BCUT2D eigenvalue weighted by molar-refractivity contribution is 7.19. The molecule has 0 fully saturated rings. The minimum absolute atomic E-state index is 0.389. The monoisotopic (exact) mass is 164 g/mol. The van der Waals surface area contributed by atoms with E-state index >= 15 is 0 Å². The summed E-state index contributed by atoms with van der Waals surface area (Å²) in [6.45, 7) is 2.05. The van der Waals surface area contributed by atoms with Crippen molar-refractivity contribution in [3.63, 3.8) is 0 Å². The molecule has 0 aliphatic heterocycles. The summed E-state index contributed by atoms with van der Waals surface area (Å²) in [6.07, 6.45) is 0. The Bertz CT molecular complexity index is 389. The SMILES string of the molecule is Cc1cc2cccc(O)c2s1. The molecule has 0 saturated heterocycles. The topological polar surface area (TPSA) is 20.2 Å². The zero-order valence-electron chi connectivity index (χ0n) is 6.16. The van der Waals surface area contributed by atoms with Gasteiger partial charge in [0.15, 0.2) is 0 Å². The molecule has 0 aliphatic rings. The molecule has 0 saturated carbocycles. The van der Waals surface area contributed by atoms with Gasteiger partial charge in [0.2, 0.25) is 0 Å². The van der Waals surface area contributed by atoms with Gasteiger partial charge in [0.1, 0.15) is 5.75 Å². The predicted octanol–water partition coefficient (Wildman–Crippen LogP) is 2.92. The quantitative estimate of drug-likeness (QED) is 0.634. The van der Waals surface area contributed by atoms with Gasteiger partial charge in [-0.1, -0.05) is 12.1 Å². The summed E-state index contributed by atoms with van der Waals surface area (Å²) >= 11 is 1.63. The summed E-state index contributed by atoms with van der Waals surface area (Å²) in [7, 11) is 0. The van der Waals surface area contributed by atoms with Gasteiger partial charge in [0, 0.05) is 4.88 Å². The fraction of sp³-hybridized carbons (Fsp3) is 0.111. The van der Waals surface area contributed by atoms with Crippen molar-refractivity contribution in [2.24, 2.45) is 0 Å². The number of aryl methyl sites for hydroxylation is 1. The fourth-order valence-electron chi connectivity index (χ4n) is 1.18. The van der Waals surface area contributed by atoms with E-state index in [1.165, 1.54) is 4.88 Å². The van der Waals surface area contributed by atoms with E-state index < -0.39 is 0 Å². The van der Waals surface area contributed by atoms with Crippen LogP contribution in [0.1, 0.15) is 4.88 Å². The molecule has 0 unspecified atom stereocenters. The maximum absolute atomic E-state index is 9.39. The normalized spacial score (nSPS) is 10.6. The van der Waals surface area contributed by atoms with Gasteiger partial charge < -0.3 is 5.11 Å². The summed E-state index contributed by atoms with van der Waals surface area (Å²) in [6, 6.07) is 7.68. The molecule has 1 aromatic heterocycles. The highest BCUT2D eigenvalue weighted by Gasteiger charge is 2.00. The lowest BCUT2D eigenvalue weighted by Gasteiger charge is -1.90. The van der Waals surface area contributed by atoms with E-state index in [1.54, 1.807) is 17.4 Å². The number of hydrogen-bond acceptors (Lipinski definition) is 2. The Morgan fingerprint density at radius 3 is 2.91 bits per heavy atom. The summed E-state index contributed by atoms with van der Waals surface area (Å²) in [5.41, 5.74) is 0. The molecule has 0 bridgehead atoms. The average Bonchev–Trinajstić information content (AvgIpc) is 2.31. The summed E-state index contributed by atoms with van der Waals surface area (Å²) in [4.78, 5) is 1.24. The van der Waals surface area contributed by atoms with E-state index in [0.717, 1.165) is 10.1 Å². The van der Waals surface area contributed by atoms with Crippen molar-refractivity contribution in [2.45, 2.75) is 6.92 Å². The van der Waals surface area contributed by atoms with E-state index in [-0.39, 0.29) is 0 Å². The highest BCUT2D eigenvalue weighted by Crippen LogP contribution is 2.31. The average molecular weight is 164 g/mol. The predicted molar refractivity (Wildman–Crippen MR) is 48.2 cm³/mol. The summed E-state index contributed by atoms with van der Waals surface area (Å²) in [5.74, 6) is 0.389. The molecule has 2 heteroatoms. The second-order valence-corrected chi connectivity index (χ2v) is 3.81. The second kappa shape index (κ2) is 2.24. The molecular formula is C9H8OS. The zero-order chi connectivity index (χ0) is 7.84. The first-order valence-corrected chi connectivity index (χ1v) is 4.27. The number of phenolic OH excluding ortho intramolecular Hbond substituents is 1. The van der Waals surface area contributed by atoms with Crippen molar-refractivity contribution >= 4 is 21.4 Å². The lowest BCUT2D eigenvalue weighted by atomic mass is 10.2. The van der Waals surface area contributed by atoms with Crippen molar-refractivity contribution in [3.8, 4) is 5.75 Å². The van der Waals surface area contributed by atoms with Gasteiger partial charge >= 0.3 is 0 Å². The third-order valence-corrected chi connectivity index (χ3v) is 2.74. The molecule has 1 N–H and O–H groups in total. The van der Waals surface area contributed by atoms with Crippen LogP contribution < -0.4 is 0 Å². The van der Waals surface area contributed by atoms with Gasteiger partial charge in [-0.2, -0.15) is 0 Å². The maximum Gasteiger partial charge on any atom is 0.133 e. The van der Waals surface area contributed by atoms with Gasteiger partial charge in [-0.25, -0.2) is 0 Å². The third kappa shape index (κ3) is 0.994. The Labute approximate surface area is 68.9 Å². The first-order chi connectivity index (χ1) is 5.27. The lowest BCUT2D eigenvalue weighted by Crippen LogP contribution is -1.62. The summed E-state index contributed by atoms with van der Waals surface area (Å²) < 4.78 is 0.991. The first kappa shape index (κ1) is 6.68. The fourth-order valence-corrected chi connectivity index (χ4v) is 2.10. The van der Waals surface area contributed by atoms with Crippen LogP contribution in [-0.4, -0.2) is 5.11 Å². The van der Waals surface area contributed by atoms with Gasteiger partial charge in [-0.15, -0.1) is 11.3 Å². The zero-order valence-corrected chi connectivity index (χ0v) is 6.98. The second-order valence-electron chi connectivity index (χ2n) is 2.55. The Morgan fingerprint density at radius 2 is 2.18 bits per heavy atom. The highest BCUT2D eigenvalue weighted by atomic mass is 32.1. The number of hydrogen-bond donors (Lipinski definition) is 1. The molecule has 1 heterocycles. The summed E-state index contributed by atoms with van der Waals surface area (Å²) in [5, 5.41) is 10.5. The lowest BCUT2D eigenvalue weighted by molar-refractivity contribution is 0.482. The molecule has 0 radical (unpaired) electrons. The molecule has 1 aromatic carbocycles. The van der Waals surface area contributed by atoms with Gasteiger partial charge in [-0.05, 0) is 24.4 Å². The minimum Gasteiger partial charge on any atom is -0.506 e. The molecule has 11 heavy (non-hydrogen) atoms. The Hall–Kier alpha value is -1.02. The molecule has 2 rings (SSSR count). The minimum atomic E-state index is 0.389. The molecule has 0 atom stereocenters. The van der Waals surface area contributed by atoms with E-state index in [1.807, 2.05) is 19.1 Å². The largest absolute Gasteiger partial charge is 0.506 e. The Balaban J connectivity index is 2.90. The number of thiophene rings is 1. The van der Waals surface area contributed by atoms with E-state index in [9.17, 15) is 5.11 Å². The molecule has 56 valence electrons. The number of aromatic hydroxyl groups is 1. The van der Waals surface area contributed by atoms with Gasteiger partial charge in [0.25, 0.3) is 0 Å². The standard InChI is InChI=1S/C9H8OS/c1-6-5-7-3-2-4-8(10)9(7)11-6/h2-5,10H,1H3. The molecule has 0 spiro atoms. The van der Waals surface area contributed by atoms with Crippen LogP contribution in [0.25, 0.3) is 10.1 Å². The first-order valence-electron chi connectivity index (χ1n) is 3.45. The Kier molecular flexibility index (Phi) is 1.36. The van der Waals surface area contributed by atoms with Gasteiger partial charge in [-0.3, -0.25) is 0 Å². The van der Waals surface area contributed by atoms with Crippen LogP contribution in [-0.2, 0) is 0 Å². The van der Waals surface area contributed by atoms with E-state index in [4.69, 9.17) is 0 Å². The van der Waals surface area contributed by atoms with E-state index in [2.05, 4.69) is 6.07 Å².